The summed E-state index contributed by atoms with van der Waals surface area (Å²) in [5, 5.41) is 5.87. The van der Waals surface area contributed by atoms with Gasteiger partial charge < -0.3 is 15.4 Å². The molecule has 20 heavy (non-hydrogen) atoms. The molecule has 0 aliphatic carbocycles. The van der Waals surface area contributed by atoms with Crippen molar-refractivity contribution >= 4 is 11.6 Å². The van der Waals surface area contributed by atoms with Gasteiger partial charge in [-0.25, -0.2) is 0 Å². The van der Waals surface area contributed by atoms with Crippen LogP contribution in [0.2, 0.25) is 0 Å². The molecule has 2 aromatic rings. The van der Waals surface area contributed by atoms with E-state index in [1.54, 1.807) is 0 Å². The van der Waals surface area contributed by atoms with Crippen molar-refractivity contribution < 1.29 is 9.53 Å². The van der Waals surface area contributed by atoms with Crippen molar-refractivity contribution in [3.05, 3.63) is 60.2 Å². The van der Waals surface area contributed by atoms with Crippen LogP contribution in [0.4, 0.5) is 5.69 Å². The normalized spacial score (nSPS) is 10.1. The summed E-state index contributed by atoms with van der Waals surface area (Å²) in [6.45, 7) is 0.813. The molecule has 0 spiro atoms. The maximum Gasteiger partial charge on any atom is 0.262 e. The number of hydrogen-bond donors (Lipinski definition) is 2. The van der Waals surface area contributed by atoms with Gasteiger partial charge >= 0.3 is 0 Å². The molecule has 0 aromatic heterocycles. The van der Waals surface area contributed by atoms with Crippen molar-refractivity contribution in [2.45, 2.75) is 6.54 Å². The molecular formula is C16H18N2O2. The van der Waals surface area contributed by atoms with Crippen LogP contribution in [0.15, 0.2) is 54.6 Å². The Morgan fingerprint density at radius 3 is 2.40 bits per heavy atom. The van der Waals surface area contributed by atoms with E-state index >= 15 is 0 Å². The van der Waals surface area contributed by atoms with Gasteiger partial charge in [-0.3, -0.25) is 4.79 Å². The number of para-hydroxylation sites is 1. The maximum atomic E-state index is 11.7. The van der Waals surface area contributed by atoms with Crippen molar-refractivity contribution in [2.24, 2.45) is 0 Å². The molecule has 0 atom stereocenters. The number of carbonyl (C=O) groups is 1. The number of amides is 1. The van der Waals surface area contributed by atoms with E-state index < -0.39 is 0 Å². The summed E-state index contributed by atoms with van der Waals surface area (Å²) >= 11 is 0. The second-order valence-corrected chi connectivity index (χ2v) is 4.38. The summed E-state index contributed by atoms with van der Waals surface area (Å²) < 4.78 is 5.38. The van der Waals surface area contributed by atoms with Crippen LogP contribution in [0, 0.1) is 0 Å². The van der Waals surface area contributed by atoms with Crippen LogP contribution < -0.4 is 15.4 Å². The summed E-state index contributed by atoms with van der Waals surface area (Å²) in [6.07, 6.45) is 0. The minimum atomic E-state index is -0.171. The molecule has 0 bridgehead atoms. The zero-order valence-electron chi connectivity index (χ0n) is 11.4. The fourth-order valence-corrected chi connectivity index (χ4v) is 1.77. The van der Waals surface area contributed by atoms with Crippen molar-refractivity contribution in [1.29, 1.82) is 0 Å². The summed E-state index contributed by atoms with van der Waals surface area (Å²) in [5.41, 5.74) is 1.94. The average Bonchev–Trinajstić information content (AvgIpc) is 2.49. The molecule has 104 valence electrons. The minimum absolute atomic E-state index is 0.00226. The Morgan fingerprint density at radius 2 is 1.75 bits per heavy atom. The van der Waals surface area contributed by atoms with Gasteiger partial charge in [0.1, 0.15) is 5.75 Å². The highest BCUT2D eigenvalue weighted by Crippen LogP contribution is 2.11. The third-order valence-electron chi connectivity index (χ3n) is 2.73. The van der Waals surface area contributed by atoms with E-state index in [1.165, 1.54) is 5.56 Å². The molecule has 1 amide bonds. The van der Waals surface area contributed by atoms with Gasteiger partial charge in [-0.05, 0) is 36.9 Å². The van der Waals surface area contributed by atoms with Crippen LogP contribution in [0.3, 0.4) is 0 Å². The highest BCUT2D eigenvalue weighted by molar-refractivity contribution is 5.91. The molecule has 2 rings (SSSR count). The molecule has 0 unspecified atom stereocenters. The second kappa shape index (κ2) is 7.31. The fourth-order valence-electron chi connectivity index (χ4n) is 1.77. The standard InChI is InChI=1S/C16H18N2O2/c1-17-11-13-7-9-14(10-8-13)18-16(19)12-20-15-5-3-2-4-6-15/h2-10,17H,11-12H2,1H3,(H,18,19). The monoisotopic (exact) mass is 270 g/mol. The lowest BCUT2D eigenvalue weighted by Gasteiger charge is -2.08. The number of hydrogen-bond acceptors (Lipinski definition) is 3. The fraction of sp³-hybridized carbons (Fsp3) is 0.188. The number of anilines is 1. The Balaban J connectivity index is 1.82. The van der Waals surface area contributed by atoms with E-state index in [0.717, 1.165) is 12.2 Å². The lowest BCUT2D eigenvalue weighted by molar-refractivity contribution is -0.118. The molecule has 2 aromatic carbocycles. The summed E-state index contributed by atoms with van der Waals surface area (Å²) in [4.78, 5) is 11.7. The van der Waals surface area contributed by atoms with Gasteiger partial charge in [0, 0.05) is 12.2 Å². The molecule has 0 saturated carbocycles. The van der Waals surface area contributed by atoms with Crippen LogP contribution in [0.25, 0.3) is 0 Å². The SMILES string of the molecule is CNCc1ccc(NC(=O)COc2ccccc2)cc1. The lowest BCUT2D eigenvalue weighted by Crippen LogP contribution is -2.20. The molecule has 4 heteroatoms. The molecule has 0 radical (unpaired) electrons. The Kier molecular flexibility index (Phi) is 5.15. The molecule has 2 N–H and O–H groups in total. The Hall–Kier alpha value is -2.33. The Bertz CT molecular complexity index is 538. The van der Waals surface area contributed by atoms with Crippen molar-refractivity contribution in [3.8, 4) is 5.75 Å². The first kappa shape index (κ1) is 14.1. The predicted molar refractivity (Wildman–Crippen MR) is 79.8 cm³/mol. The van der Waals surface area contributed by atoms with Crippen LogP contribution in [0.1, 0.15) is 5.56 Å². The topological polar surface area (TPSA) is 50.4 Å². The van der Waals surface area contributed by atoms with Crippen molar-refractivity contribution in [3.63, 3.8) is 0 Å². The van der Waals surface area contributed by atoms with Crippen LogP contribution >= 0.6 is 0 Å². The quantitative estimate of drug-likeness (QED) is 0.847. The molecular weight excluding hydrogens is 252 g/mol. The average molecular weight is 270 g/mol. The van der Waals surface area contributed by atoms with Gasteiger partial charge in [0.05, 0.1) is 0 Å². The third-order valence-corrected chi connectivity index (χ3v) is 2.73. The number of benzene rings is 2. The third kappa shape index (κ3) is 4.40. The number of carbonyl (C=O) groups excluding carboxylic acids is 1. The van der Waals surface area contributed by atoms with Gasteiger partial charge in [0.25, 0.3) is 5.91 Å². The van der Waals surface area contributed by atoms with Crippen LogP contribution in [-0.4, -0.2) is 19.6 Å². The van der Waals surface area contributed by atoms with Gasteiger partial charge in [0.2, 0.25) is 0 Å². The van der Waals surface area contributed by atoms with E-state index in [1.807, 2.05) is 61.6 Å². The predicted octanol–water partition coefficient (Wildman–Crippen LogP) is 2.42. The number of nitrogens with one attached hydrogen (secondary N) is 2. The van der Waals surface area contributed by atoms with E-state index in [4.69, 9.17) is 4.74 Å². The highest BCUT2D eigenvalue weighted by atomic mass is 16.5. The highest BCUT2D eigenvalue weighted by Gasteiger charge is 2.03. The minimum Gasteiger partial charge on any atom is -0.484 e. The summed E-state index contributed by atoms with van der Waals surface area (Å²) in [6, 6.07) is 17.0. The lowest BCUT2D eigenvalue weighted by atomic mass is 10.2. The van der Waals surface area contributed by atoms with Crippen molar-refractivity contribution in [1.82, 2.24) is 5.32 Å². The van der Waals surface area contributed by atoms with Crippen molar-refractivity contribution in [2.75, 3.05) is 19.0 Å². The van der Waals surface area contributed by atoms with E-state index in [2.05, 4.69) is 10.6 Å². The van der Waals surface area contributed by atoms with E-state index in [9.17, 15) is 4.79 Å². The number of rotatable bonds is 6. The zero-order valence-corrected chi connectivity index (χ0v) is 11.4. The molecule has 0 aliphatic heterocycles. The first-order valence-corrected chi connectivity index (χ1v) is 6.49. The van der Waals surface area contributed by atoms with Gasteiger partial charge in [0.15, 0.2) is 6.61 Å². The van der Waals surface area contributed by atoms with E-state index in [0.29, 0.717) is 5.75 Å². The van der Waals surface area contributed by atoms with Crippen LogP contribution in [0.5, 0.6) is 5.75 Å². The van der Waals surface area contributed by atoms with Gasteiger partial charge in [-0.15, -0.1) is 0 Å². The van der Waals surface area contributed by atoms with Crippen LogP contribution in [-0.2, 0) is 11.3 Å². The van der Waals surface area contributed by atoms with Gasteiger partial charge in [-0.2, -0.15) is 0 Å². The molecule has 0 heterocycles. The Morgan fingerprint density at radius 1 is 1.05 bits per heavy atom. The summed E-state index contributed by atoms with van der Waals surface area (Å²) in [5.74, 6) is 0.516. The summed E-state index contributed by atoms with van der Waals surface area (Å²) in [7, 11) is 1.90. The smallest absolute Gasteiger partial charge is 0.262 e. The first-order chi connectivity index (χ1) is 9.78. The van der Waals surface area contributed by atoms with Gasteiger partial charge in [-0.1, -0.05) is 30.3 Å². The molecule has 0 fully saturated rings. The molecule has 0 aliphatic rings. The Labute approximate surface area is 118 Å². The van der Waals surface area contributed by atoms with E-state index in [-0.39, 0.29) is 12.5 Å². The second-order valence-electron chi connectivity index (χ2n) is 4.38. The maximum absolute atomic E-state index is 11.7. The molecule has 4 nitrogen and oxygen atoms in total. The first-order valence-electron chi connectivity index (χ1n) is 6.49. The number of ether oxygens (including phenoxy) is 1. The zero-order chi connectivity index (χ0) is 14.2. The largest absolute Gasteiger partial charge is 0.484 e. The molecule has 0 saturated heterocycles.